The van der Waals surface area contributed by atoms with Crippen LogP contribution in [0.4, 0.5) is 0 Å². The smallest absolute Gasteiger partial charge is 0.234 e. The number of carbonyl (C=O) groups is 1. The SMILES string of the molecule is CC(C)[C@@H](C)NC(=O)CN(C)[C@@H](C)c1nc2ccccc2s1. The molecule has 120 valence electrons. The molecule has 2 aromatic rings. The maximum atomic E-state index is 12.1. The summed E-state index contributed by atoms with van der Waals surface area (Å²) in [6, 6.07) is 8.45. The second-order valence-electron chi connectivity index (χ2n) is 6.21. The number of rotatable bonds is 6. The number of thiazole rings is 1. The number of fused-ring (bicyclic) bond motifs is 1. The second kappa shape index (κ2) is 7.20. The third kappa shape index (κ3) is 4.05. The molecule has 0 aliphatic rings. The van der Waals surface area contributed by atoms with Crippen LogP contribution in [0.15, 0.2) is 24.3 Å². The molecule has 0 unspecified atom stereocenters. The molecule has 0 aliphatic carbocycles. The maximum absolute atomic E-state index is 12.1. The highest BCUT2D eigenvalue weighted by atomic mass is 32.1. The van der Waals surface area contributed by atoms with Crippen LogP contribution in [0.5, 0.6) is 0 Å². The molecule has 1 heterocycles. The zero-order valence-electron chi connectivity index (χ0n) is 14.0. The average Bonchev–Trinajstić information content (AvgIpc) is 2.89. The fraction of sp³-hybridized carbons (Fsp3) is 0.529. The number of likely N-dealkylation sites (N-methyl/N-ethyl adjacent to an activating group) is 1. The summed E-state index contributed by atoms with van der Waals surface area (Å²) in [6.07, 6.45) is 0. The lowest BCUT2D eigenvalue weighted by molar-refractivity contribution is -0.123. The first-order valence-electron chi connectivity index (χ1n) is 7.73. The Kier molecular flexibility index (Phi) is 5.53. The van der Waals surface area contributed by atoms with Gasteiger partial charge in [-0.2, -0.15) is 0 Å². The minimum atomic E-state index is 0.0664. The van der Waals surface area contributed by atoms with Gasteiger partial charge >= 0.3 is 0 Å². The highest BCUT2D eigenvalue weighted by Gasteiger charge is 2.19. The molecule has 1 aromatic carbocycles. The molecule has 2 atom stereocenters. The predicted octanol–water partition coefficient (Wildman–Crippen LogP) is 3.45. The third-order valence-electron chi connectivity index (χ3n) is 4.11. The van der Waals surface area contributed by atoms with Gasteiger partial charge in [0, 0.05) is 6.04 Å². The van der Waals surface area contributed by atoms with E-state index >= 15 is 0 Å². The van der Waals surface area contributed by atoms with Gasteiger partial charge in [0.1, 0.15) is 5.01 Å². The van der Waals surface area contributed by atoms with Crippen LogP contribution in [0.2, 0.25) is 0 Å². The Hall–Kier alpha value is -1.46. The monoisotopic (exact) mass is 319 g/mol. The topological polar surface area (TPSA) is 45.2 Å². The summed E-state index contributed by atoms with van der Waals surface area (Å²) in [4.78, 5) is 18.8. The van der Waals surface area contributed by atoms with E-state index in [9.17, 15) is 4.79 Å². The van der Waals surface area contributed by atoms with Crippen LogP contribution in [-0.2, 0) is 4.79 Å². The summed E-state index contributed by atoms with van der Waals surface area (Å²) in [6.45, 7) is 8.74. The lowest BCUT2D eigenvalue weighted by atomic mass is 10.1. The Balaban J connectivity index is 1.99. The summed E-state index contributed by atoms with van der Waals surface area (Å²) in [5.41, 5.74) is 1.03. The zero-order valence-corrected chi connectivity index (χ0v) is 14.8. The molecule has 0 aliphatic heterocycles. The number of amides is 1. The van der Waals surface area contributed by atoms with Crippen LogP contribution in [0.3, 0.4) is 0 Å². The quantitative estimate of drug-likeness (QED) is 0.887. The Labute approximate surface area is 136 Å². The first-order valence-corrected chi connectivity index (χ1v) is 8.55. The second-order valence-corrected chi connectivity index (χ2v) is 7.27. The van der Waals surface area contributed by atoms with E-state index in [1.165, 1.54) is 4.70 Å². The van der Waals surface area contributed by atoms with Crippen molar-refractivity contribution < 1.29 is 4.79 Å². The number of aromatic nitrogens is 1. The third-order valence-corrected chi connectivity index (χ3v) is 5.32. The van der Waals surface area contributed by atoms with Crippen molar-refractivity contribution in [1.29, 1.82) is 0 Å². The van der Waals surface area contributed by atoms with Crippen LogP contribution >= 0.6 is 11.3 Å². The van der Waals surface area contributed by atoms with Crippen LogP contribution in [0, 0.1) is 5.92 Å². The number of hydrogen-bond acceptors (Lipinski definition) is 4. The van der Waals surface area contributed by atoms with Crippen molar-refractivity contribution in [2.24, 2.45) is 5.92 Å². The summed E-state index contributed by atoms with van der Waals surface area (Å²) >= 11 is 1.70. The number of hydrogen-bond donors (Lipinski definition) is 1. The van der Waals surface area contributed by atoms with Crippen molar-refractivity contribution in [2.75, 3.05) is 13.6 Å². The van der Waals surface area contributed by atoms with E-state index in [-0.39, 0.29) is 18.0 Å². The Morgan fingerprint density at radius 1 is 1.27 bits per heavy atom. The largest absolute Gasteiger partial charge is 0.352 e. The van der Waals surface area contributed by atoms with E-state index in [0.717, 1.165) is 10.5 Å². The lowest BCUT2D eigenvalue weighted by Crippen LogP contribution is -2.42. The molecule has 0 saturated carbocycles. The summed E-state index contributed by atoms with van der Waals surface area (Å²) < 4.78 is 1.19. The Morgan fingerprint density at radius 2 is 1.95 bits per heavy atom. The summed E-state index contributed by atoms with van der Waals surface area (Å²) in [5.74, 6) is 0.507. The van der Waals surface area contributed by atoms with E-state index < -0.39 is 0 Å². The number of para-hydroxylation sites is 1. The van der Waals surface area contributed by atoms with E-state index in [4.69, 9.17) is 0 Å². The van der Waals surface area contributed by atoms with Gasteiger partial charge in [0.05, 0.1) is 22.8 Å². The van der Waals surface area contributed by atoms with Gasteiger partial charge in [0.15, 0.2) is 0 Å². The van der Waals surface area contributed by atoms with E-state index in [1.807, 2.05) is 37.1 Å². The zero-order chi connectivity index (χ0) is 16.3. The molecule has 0 fully saturated rings. The van der Waals surface area contributed by atoms with Gasteiger partial charge in [-0.15, -0.1) is 11.3 Å². The molecular formula is C17H25N3OS. The molecule has 0 saturated heterocycles. The van der Waals surface area contributed by atoms with Crippen LogP contribution in [0.1, 0.15) is 38.7 Å². The number of nitrogens with zero attached hydrogens (tertiary/aromatic N) is 2. The minimum absolute atomic E-state index is 0.0664. The molecule has 0 bridgehead atoms. The van der Waals surface area contributed by atoms with Gasteiger partial charge in [-0.1, -0.05) is 26.0 Å². The first-order chi connectivity index (χ1) is 10.4. The fourth-order valence-corrected chi connectivity index (χ4v) is 3.17. The maximum Gasteiger partial charge on any atom is 0.234 e. The van der Waals surface area contributed by atoms with E-state index in [0.29, 0.717) is 12.5 Å². The molecular weight excluding hydrogens is 294 g/mol. The van der Waals surface area contributed by atoms with Crippen molar-refractivity contribution in [1.82, 2.24) is 15.2 Å². The van der Waals surface area contributed by atoms with Crippen molar-refractivity contribution in [3.63, 3.8) is 0 Å². The molecule has 0 spiro atoms. The molecule has 22 heavy (non-hydrogen) atoms. The van der Waals surface area contributed by atoms with Crippen LogP contribution in [-0.4, -0.2) is 35.4 Å². The molecule has 1 N–H and O–H groups in total. The minimum Gasteiger partial charge on any atom is -0.352 e. The van der Waals surface area contributed by atoms with E-state index in [1.54, 1.807) is 11.3 Å². The molecule has 2 rings (SSSR count). The molecule has 4 nitrogen and oxygen atoms in total. The van der Waals surface area contributed by atoms with Gasteiger partial charge in [-0.3, -0.25) is 9.69 Å². The van der Waals surface area contributed by atoms with Crippen molar-refractivity contribution in [3.05, 3.63) is 29.3 Å². The van der Waals surface area contributed by atoms with Gasteiger partial charge in [-0.05, 0) is 38.9 Å². The molecule has 5 heteroatoms. The number of nitrogens with one attached hydrogen (secondary N) is 1. The van der Waals surface area contributed by atoms with Crippen LogP contribution in [0.25, 0.3) is 10.2 Å². The molecule has 1 amide bonds. The normalized spacial score (nSPS) is 14.5. The van der Waals surface area contributed by atoms with Crippen molar-refractivity contribution in [3.8, 4) is 0 Å². The van der Waals surface area contributed by atoms with Gasteiger partial charge in [0.25, 0.3) is 0 Å². The van der Waals surface area contributed by atoms with Gasteiger partial charge in [-0.25, -0.2) is 4.98 Å². The highest BCUT2D eigenvalue weighted by Crippen LogP contribution is 2.28. The van der Waals surface area contributed by atoms with Crippen molar-refractivity contribution in [2.45, 2.75) is 39.8 Å². The summed E-state index contributed by atoms with van der Waals surface area (Å²) in [5, 5.41) is 4.09. The van der Waals surface area contributed by atoms with E-state index in [2.05, 4.69) is 37.1 Å². The van der Waals surface area contributed by atoms with Gasteiger partial charge < -0.3 is 5.32 Å². The Morgan fingerprint density at radius 3 is 2.59 bits per heavy atom. The summed E-state index contributed by atoms with van der Waals surface area (Å²) in [7, 11) is 1.97. The predicted molar refractivity (Wildman–Crippen MR) is 93.1 cm³/mol. The highest BCUT2D eigenvalue weighted by molar-refractivity contribution is 7.18. The molecule has 1 aromatic heterocycles. The number of benzene rings is 1. The first kappa shape index (κ1) is 16.9. The van der Waals surface area contributed by atoms with Crippen molar-refractivity contribution >= 4 is 27.5 Å². The lowest BCUT2D eigenvalue weighted by Gasteiger charge is -2.24. The van der Waals surface area contributed by atoms with Crippen LogP contribution < -0.4 is 5.32 Å². The molecule has 0 radical (unpaired) electrons. The fourth-order valence-electron chi connectivity index (χ4n) is 2.09. The Bertz CT molecular complexity index is 605. The average molecular weight is 319 g/mol. The number of carbonyl (C=O) groups excluding carboxylic acids is 1. The standard InChI is InChI=1S/C17H25N3OS/c1-11(2)12(3)18-16(21)10-20(5)13(4)17-19-14-8-6-7-9-15(14)22-17/h6-9,11-13H,10H2,1-5H3,(H,18,21)/t12-,13+/m1/s1. The van der Waals surface area contributed by atoms with Gasteiger partial charge in [0.2, 0.25) is 5.91 Å².